The van der Waals surface area contributed by atoms with Crippen molar-refractivity contribution < 1.29 is 0 Å². The molecule has 0 bridgehead atoms. The molecular formula is C9H10Br2N2S. The van der Waals surface area contributed by atoms with Gasteiger partial charge in [-0.3, -0.25) is 5.41 Å². The molecule has 1 fully saturated rings. The summed E-state index contributed by atoms with van der Waals surface area (Å²) in [6.45, 7) is 0.950. The second-order valence-corrected chi connectivity index (χ2v) is 4.78. The van der Waals surface area contributed by atoms with Gasteiger partial charge in [0.05, 0.1) is 0 Å². The minimum atomic E-state index is 0. The van der Waals surface area contributed by atoms with Crippen molar-refractivity contribution >= 4 is 55.5 Å². The van der Waals surface area contributed by atoms with Crippen LogP contribution in [0.2, 0.25) is 0 Å². The van der Waals surface area contributed by atoms with Crippen LogP contribution in [0.1, 0.15) is 0 Å². The standard InChI is InChI=1S/C9H9BrN2S.BrH/c10-7-1-3-8(4-2-7)12-5-6-13-9(12)11;/h1-4,11H,5-6H2;1H. The molecule has 1 aliphatic heterocycles. The van der Waals surface area contributed by atoms with Gasteiger partial charge >= 0.3 is 0 Å². The molecule has 1 N–H and O–H groups in total. The van der Waals surface area contributed by atoms with E-state index < -0.39 is 0 Å². The summed E-state index contributed by atoms with van der Waals surface area (Å²) in [5, 5.41) is 8.33. The lowest BCUT2D eigenvalue weighted by Crippen LogP contribution is -2.22. The number of rotatable bonds is 1. The molecule has 0 atom stereocenters. The van der Waals surface area contributed by atoms with Crippen LogP contribution in [0.15, 0.2) is 28.7 Å². The number of hydrogen-bond donors (Lipinski definition) is 1. The highest BCUT2D eigenvalue weighted by atomic mass is 79.9. The van der Waals surface area contributed by atoms with Crippen molar-refractivity contribution in [1.82, 2.24) is 0 Å². The number of nitrogens with zero attached hydrogens (tertiary/aromatic N) is 1. The van der Waals surface area contributed by atoms with Gasteiger partial charge in [-0.25, -0.2) is 0 Å². The summed E-state index contributed by atoms with van der Waals surface area (Å²) in [5.41, 5.74) is 1.11. The second kappa shape index (κ2) is 5.19. The maximum Gasteiger partial charge on any atom is 0.160 e. The molecule has 0 radical (unpaired) electrons. The first-order valence-electron chi connectivity index (χ1n) is 4.02. The van der Waals surface area contributed by atoms with Crippen LogP contribution in [0.25, 0.3) is 0 Å². The van der Waals surface area contributed by atoms with Gasteiger partial charge in [-0.1, -0.05) is 27.7 Å². The van der Waals surface area contributed by atoms with Crippen LogP contribution in [-0.2, 0) is 0 Å². The molecular weight excluding hydrogens is 328 g/mol. The number of anilines is 1. The number of halogens is 2. The summed E-state index contributed by atoms with van der Waals surface area (Å²) < 4.78 is 1.08. The molecule has 76 valence electrons. The number of thioether (sulfide) groups is 1. The van der Waals surface area contributed by atoms with Gasteiger partial charge in [0.1, 0.15) is 0 Å². The molecule has 0 amide bonds. The first-order valence-corrected chi connectivity index (χ1v) is 5.80. The van der Waals surface area contributed by atoms with E-state index in [1.807, 2.05) is 29.2 Å². The summed E-state index contributed by atoms with van der Waals surface area (Å²) in [7, 11) is 0. The third kappa shape index (κ3) is 2.52. The summed E-state index contributed by atoms with van der Waals surface area (Å²) in [6, 6.07) is 8.08. The van der Waals surface area contributed by atoms with E-state index in [0.29, 0.717) is 5.17 Å². The number of benzene rings is 1. The van der Waals surface area contributed by atoms with Crippen molar-refractivity contribution in [3.63, 3.8) is 0 Å². The maximum absolute atomic E-state index is 7.67. The van der Waals surface area contributed by atoms with Gasteiger partial charge in [0.2, 0.25) is 0 Å². The van der Waals surface area contributed by atoms with Gasteiger partial charge in [0, 0.05) is 22.5 Å². The van der Waals surface area contributed by atoms with Crippen LogP contribution in [0, 0.1) is 5.41 Å². The Hall–Kier alpha value is -0.000000000000000111. The summed E-state index contributed by atoms with van der Waals surface area (Å²) in [6.07, 6.45) is 0. The van der Waals surface area contributed by atoms with Gasteiger partial charge < -0.3 is 4.90 Å². The Morgan fingerprint density at radius 3 is 2.43 bits per heavy atom. The Bertz CT molecular complexity index is 326. The van der Waals surface area contributed by atoms with E-state index >= 15 is 0 Å². The van der Waals surface area contributed by atoms with Gasteiger partial charge in [-0.05, 0) is 24.3 Å². The Kier molecular flexibility index (Phi) is 4.47. The van der Waals surface area contributed by atoms with E-state index in [9.17, 15) is 0 Å². The van der Waals surface area contributed by atoms with E-state index in [1.54, 1.807) is 11.8 Å². The normalized spacial score (nSPS) is 15.5. The van der Waals surface area contributed by atoms with Crippen molar-refractivity contribution in [2.75, 3.05) is 17.2 Å². The molecule has 0 saturated carbocycles. The Balaban J connectivity index is 0.000000980. The largest absolute Gasteiger partial charge is 0.321 e. The molecule has 0 unspecified atom stereocenters. The average Bonchev–Trinajstić information content (AvgIpc) is 2.53. The minimum absolute atomic E-state index is 0. The van der Waals surface area contributed by atoms with E-state index in [4.69, 9.17) is 5.41 Å². The summed E-state index contributed by atoms with van der Waals surface area (Å²) >= 11 is 4.99. The molecule has 1 aromatic carbocycles. The number of nitrogens with one attached hydrogen (secondary N) is 1. The third-order valence-corrected chi connectivity index (χ3v) is 3.35. The van der Waals surface area contributed by atoms with Gasteiger partial charge in [0.15, 0.2) is 5.17 Å². The fourth-order valence-electron chi connectivity index (χ4n) is 1.28. The smallest absolute Gasteiger partial charge is 0.160 e. The fourth-order valence-corrected chi connectivity index (χ4v) is 2.36. The Morgan fingerprint density at radius 2 is 1.93 bits per heavy atom. The van der Waals surface area contributed by atoms with Crippen LogP contribution in [-0.4, -0.2) is 17.5 Å². The van der Waals surface area contributed by atoms with Crippen LogP contribution >= 0.6 is 44.7 Å². The van der Waals surface area contributed by atoms with E-state index in [-0.39, 0.29) is 17.0 Å². The third-order valence-electron chi connectivity index (χ3n) is 1.94. The topological polar surface area (TPSA) is 27.1 Å². The molecule has 1 aromatic rings. The number of amidine groups is 1. The molecule has 0 aliphatic carbocycles. The van der Waals surface area contributed by atoms with E-state index in [0.717, 1.165) is 22.5 Å². The molecule has 0 aromatic heterocycles. The molecule has 2 rings (SSSR count). The highest BCUT2D eigenvalue weighted by Gasteiger charge is 2.18. The molecule has 0 spiro atoms. The molecule has 2 nitrogen and oxygen atoms in total. The maximum atomic E-state index is 7.67. The predicted molar refractivity (Wildman–Crippen MR) is 72.0 cm³/mol. The van der Waals surface area contributed by atoms with E-state index in [2.05, 4.69) is 15.9 Å². The van der Waals surface area contributed by atoms with Crippen LogP contribution in [0.5, 0.6) is 0 Å². The summed E-state index contributed by atoms with van der Waals surface area (Å²) in [5.74, 6) is 1.02. The first kappa shape index (κ1) is 12.1. The zero-order valence-corrected chi connectivity index (χ0v) is 11.5. The van der Waals surface area contributed by atoms with Crippen molar-refractivity contribution in [3.05, 3.63) is 28.7 Å². The Morgan fingerprint density at radius 1 is 1.29 bits per heavy atom. The van der Waals surface area contributed by atoms with Crippen molar-refractivity contribution in [1.29, 1.82) is 5.41 Å². The fraction of sp³-hybridized carbons (Fsp3) is 0.222. The van der Waals surface area contributed by atoms with Crippen LogP contribution < -0.4 is 4.90 Å². The van der Waals surface area contributed by atoms with E-state index in [1.165, 1.54) is 0 Å². The zero-order valence-electron chi connectivity index (χ0n) is 7.37. The molecule has 1 saturated heterocycles. The molecule has 5 heteroatoms. The summed E-state index contributed by atoms with van der Waals surface area (Å²) in [4.78, 5) is 2.02. The molecule has 1 heterocycles. The SMILES string of the molecule is Br.N=C1SCCN1c1ccc(Br)cc1. The average molecular weight is 338 g/mol. The minimum Gasteiger partial charge on any atom is -0.321 e. The van der Waals surface area contributed by atoms with Crippen LogP contribution in [0.4, 0.5) is 5.69 Å². The quantitative estimate of drug-likeness (QED) is 0.848. The zero-order chi connectivity index (χ0) is 9.26. The highest BCUT2D eigenvalue weighted by Crippen LogP contribution is 2.25. The molecule has 14 heavy (non-hydrogen) atoms. The first-order chi connectivity index (χ1) is 6.27. The lowest BCUT2D eigenvalue weighted by atomic mass is 10.3. The van der Waals surface area contributed by atoms with Gasteiger partial charge in [-0.15, -0.1) is 17.0 Å². The predicted octanol–water partition coefficient (Wildman–Crippen LogP) is 3.51. The van der Waals surface area contributed by atoms with Gasteiger partial charge in [0.25, 0.3) is 0 Å². The lowest BCUT2D eigenvalue weighted by molar-refractivity contribution is 1.10. The van der Waals surface area contributed by atoms with Crippen molar-refractivity contribution in [3.8, 4) is 0 Å². The number of hydrogen-bond acceptors (Lipinski definition) is 2. The van der Waals surface area contributed by atoms with Crippen molar-refractivity contribution in [2.45, 2.75) is 0 Å². The van der Waals surface area contributed by atoms with Crippen molar-refractivity contribution in [2.24, 2.45) is 0 Å². The molecule has 1 aliphatic rings. The Labute approximate surface area is 106 Å². The highest BCUT2D eigenvalue weighted by molar-refractivity contribution is 9.10. The second-order valence-electron chi connectivity index (χ2n) is 2.78. The van der Waals surface area contributed by atoms with Gasteiger partial charge in [-0.2, -0.15) is 0 Å². The monoisotopic (exact) mass is 336 g/mol. The lowest BCUT2D eigenvalue weighted by Gasteiger charge is -2.16. The van der Waals surface area contributed by atoms with Crippen LogP contribution in [0.3, 0.4) is 0 Å².